The van der Waals surface area contributed by atoms with Crippen LogP contribution in [0.25, 0.3) is 21.8 Å². The molecule has 0 bridgehead atoms. The molecule has 29 heavy (non-hydrogen) atoms. The third-order valence-electron chi connectivity index (χ3n) is 4.87. The summed E-state index contributed by atoms with van der Waals surface area (Å²) < 4.78 is 5.19. The van der Waals surface area contributed by atoms with Crippen LogP contribution in [0.4, 0.5) is 0 Å². The molecular weight excluding hydrogens is 384 g/mol. The molecule has 0 spiro atoms. The zero-order chi connectivity index (χ0) is 21.3. The molecule has 3 aromatic rings. The predicted molar refractivity (Wildman–Crippen MR) is 99.8 cm³/mol. The van der Waals surface area contributed by atoms with Crippen molar-refractivity contribution in [2.24, 2.45) is 5.92 Å². The molecule has 0 saturated carbocycles. The number of fused-ring (bicyclic) bond motifs is 3. The van der Waals surface area contributed by atoms with Gasteiger partial charge in [0.1, 0.15) is 11.7 Å². The third kappa shape index (κ3) is 3.57. The van der Waals surface area contributed by atoms with E-state index in [-0.39, 0.29) is 5.69 Å². The van der Waals surface area contributed by atoms with E-state index in [1.54, 1.807) is 18.2 Å². The zero-order valence-electron chi connectivity index (χ0n) is 15.2. The highest BCUT2D eigenvalue weighted by Gasteiger charge is 2.50. The lowest BCUT2D eigenvalue weighted by atomic mass is 9.81. The Hall–Kier alpha value is -3.66. The number of carboxylic acids is 3. The van der Waals surface area contributed by atoms with Crippen LogP contribution in [0.1, 0.15) is 12.1 Å². The number of aliphatic hydroxyl groups is 1. The van der Waals surface area contributed by atoms with Crippen molar-refractivity contribution in [3.05, 3.63) is 36.2 Å². The van der Waals surface area contributed by atoms with Crippen LogP contribution in [0, 0.1) is 5.92 Å². The van der Waals surface area contributed by atoms with Crippen molar-refractivity contribution >= 4 is 39.7 Å². The first-order valence-electron chi connectivity index (χ1n) is 8.51. The lowest BCUT2D eigenvalue weighted by molar-refractivity contribution is -0.179. The number of pyridine rings is 1. The van der Waals surface area contributed by atoms with Crippen LogP contribution < -0.4 is 4.74 Å². The maximum Gasteiger partial charge on any atom is 0.337 e. The van der Waals surface area contributed by atoms with Gasteiger partial charge >= 0.3 is 17.9 Å². The number of hydrogen-bond acceptors (Lipinski definition) is 6. The van der Waals surface area contributed by atoms with Crippen molar-refractivity contribution in [3.63, 3.8) is 0 Å². The van der Waals surface area contributed by atoms with Crippen LogP contribution in [0.5, 0.6) is 5.75 Å². The Balaban J connectivity index is 2.12. The van der Waals surface area contributed by atoms with E-state index in [0.29, 0.717) is 22.2 Å². The molecule has 0 amide bonds. The van der Waals surface area contributed by atoms with Crippen LogP contribution in [0.15, 0.2) is 30.5 Å². The number of carbonyl (C=O) groups is 3. The van der Waals surface area contributed by atoms with E-state index in [2.05, 4.69) is 9.97 Å². The summed E-state index contributed by atoms with van der Waals surface area (Å²) in [5, 5.41) is 39.8. The van der Waals surface area contributed by atoms with Crippen LogP contribution in [0.2, 0.25) is 0 Å². The number of ether oxygens (including phenoxy) is 1. The summed E-state index contributed by atoms with van der Waals surface area (Å²) >= 11 is 0. The highest BCUT2D eigenvalue weighted by molar-refractivity contribution is 6.08. The number of nitrogens with one attached hydrogen (secondary N) is 1. The van der Waals surface area contributed by atoms with E-state index in [1.807, 2.05) is 6.07 Å². The molecule has 3 rings (SSSR count). The monoisotopic (exact) mass is 402 g/mol. The largest absolute Gasteiger partial charge is 0.497 e. The number of aromatic amines is 1. The van der Waals surface area contributed by atoms with Gasteiger partial charge in [-0.3, -0.25) is 14.6 Å². The molecule has 10 nitrogen and oxygen atoms in total. The lowest BCUT2D eigenvalue weighted by Crippen LogP contribution is -2.51. The smallest absolute Gasteiger partial charge is 0.337 e. The molecule has 1 aromatic carbocycles. The minimum absolute atomic E-state index is 0.190. The number of H-pyrrole nitrogens is 1. The first-order chi connectivity index (χ1) is 13.7. The van der Waals surface area contributed by atoms with Gasteiger partial charge < -0.3 is 30.1 Å². The standard InChI is InChI=1S/C19H18N2O8/c1-29-9-2-3-10-11-4-5-20-14(16(11)21-13(10)6-9)7-12(17(24)25)19(28,18(26)27)8-15(22)23/h2-6,12,21,28H,7-8H2,1H3,(H,22,23)(H,24,25)(H,26,27). The first kappa shape index (κ1) is 20.1. The molecule has 5 N–H and O–H groups in total. The van der Waals surface area contributed by atoms with Crippen LogP contribution >= 0.6 is 0 Å². The summed E-state index contributed by atoms with van der Waals surface area (Å²) in [7, 11) is 1.52. The molecule has 10 heteroatoms. The molecule has 152 valence electrons. The number of carboxylic acid groups (broad SMARTS) is 3. The number of hydrogen-bond donors (Lipinski definition) is 5. The summed E-state index contributed by atoms with van der Waals surface area (Å²) in [4.78, 5) is 41.6. The molecule has 0 radical (unpaired) electrons. The highest BCUT2D eigenvalue weighted by Crippen LogP contribution is 2.32. The Kier molecular flexibility index (Phi) is 5.12. The van der Waals surface area contributed by atoms with E-state index in [1.165, 1.54) is 13.3 Å². The van der Waals surface area contributed by atoms with E-state index >= 15 is 0 Å². The Morgan fingerprint density at radius 1 is 1.17 bits per heavy atom. The third-order valence-corrected chi connectivity index (χ3v) is 4.87. The molecular formula is C19H18N2O8. The molecule has 2 aromatic heterocycles. The molecule has 0 aliphatic carbocycles. The van der Waals surface area contributed by atoms with Crippen LogP contribution in [-0.2, 0) is 20.8 Å². The van der Waals surface area contributed by atoms with Gasteiger partial charge in [0.15, 0.2) is 5.60 Å². The Morgan fingerprint density at radius 3 is 2.48 bits per heavy atom. The summed E-state index contributed by atoms with van der Waals surface area (Å²) in [6.07, 6.45) is -0.322. The van der Waals surface area contributed by atoms with Gasteiger partial charge in [-0.15, -0.1) is 0 Å². The van der Waals surface area contributed by atoms with Gasteiger partial charge in [0, 0.05) is 29.5 Å². The van der Waals surface area contributed by atoms with E-state index in [0.717, 1.165) is 5.39 Å². The van der Waals surface area contributed by atoms with Crippen molar-refractivity contribution in [2.75, 3.05) is 7.11 Å². The Morgan fingerprint density at radius 2 is 1.90 bits per heavy atom. The summed E-state index contributed by atoms with van der Waals surface area (Å²) in [6, 6.07) is 7.02. The second kappa shape index (κ2) is 7.40. The van der Waals surface area contributed by atoms with Crippen molar-refractivity contribution in [1.82, 2.24) is 9.97 Å². The minimum Gasteiger partial charge on any atom is -0.497 e. The molecule has 2 atom stereocenters. The number of aliphatic carboxylic acids is 3. The van der Waals surface area contributed by atoms with Crippen molar-refractivity contribution in [1.29, 1.82) is 0 Å². The lowest BCUT2D eigenvalue weighted by Gasteiger charge is -2.28. The second-order valence-electron chi connectivity index (χ2n) is 6.61. The van der Waals surface area contributed by atoms with Crippen molar-refractivity contribution in [3.8, 4) is 5.75 Å². The zero-order valence-corrected chi connectivity index (χ0v) is 15.2. The topological polar surface area (TPSA) is 170 Å². The average Bonchev–Trinajstić information content (AvgIpc) is 3.03. The molecule has 2 unspecified atom stereocenters. The normalized spacial score (nSPS) is 14.4. The molecule has 0 saturated heterocycles. The fourth-order valence-corrected chi connectivity index (χ4v) is 3.38. The fraction of sp³-hybridized carbons (Fsp3) is 0.263. The van der Waals surface area contributed by atoms with Crippen molar-refractivity contribution in [2.45, 2.75) is 18.4 Å². The number of benzene rings is 1. The van der Waals surface area contributed by atoms with Gasteiger partial charge in [-0.05, 0) is 18.2 Å². The summed E-state index contributed by atoms with van der Waals surface area (Å²) in [6.45, 7) is 0. The Labute approximate surface area is 163 Å². The summed E-state index contributed by atoms with van der Waals surface area (Å²) in [5.74, 6) is -6.54. The van der Waals surface area contributed by atoms with Crippen LogP contribution in [-0.4, -0.2) is 61.0 Å². The van der Waals surface area contributed by atoms with E-state index in [9.17, 15) is 29.7 Å². The quantitative estimate of drug-likeness (QED) is 0.372. The van der Waals surface area contributed by atoms with Crippen LogP contribution in [0.3, 0.4) is 0 Å². The second-order valence-corrected chi connectivity index (χ2v) is 6.61. The van der Waals surface area contributed by atoms with Gasteiger partial charge in [-0.25, -0.2) is 4.79 Å². The predicted octanol–water partition coefficient (Wildman–Crippen LogP) is 1.26. The first-order valence-corrected chi connectivity index (χ1v) is 8.51. The maximum atomic E-state index is 11.8. The van der Waals surface area contributed by atoms with E-state index < -0.39 is 42.3 Å². The number of aromatic nitrogens is 2. The Bertz CT molecular complexity index is 1120. The maximum absolute atomic E-state index is 11.8. The molecule has 0 aliphatic heterocycles. The van der Waals surface area contributed by atoms with Gasteiger partial charge in [-0.1, -0.05) is 0 Å². The fourth-order valence-electron chi connectivity index (χ4n) is 3.38. The number of nitrogens with zero attached hydrogens (tertiary/aromatic N) is 1. The number of rotatable bonds is 8. The summed E-state index contributed by atoms with van der Waals surface area (Å²) in [5.41, 5.74) is -1.66. The molecule has 0 fully saturated rings. The average molecular weight is 402 g/mol. The number of methoxy groups -OCH3 is 1. The van der Waals surface area contributed by atoms with Gasteiger partial charge in [0.05, 0.1) is 30.3 Å². The molecule has 0 aliphatic rings. The van der Waals surface area contributed by atoms with Gasteiger partial charge in [-0.2, -0.15) is 0 Å². The SMILES string of the molecule is COc1ccc2c(c1)[nH]c1c(CC(C(=O)O)C(O)(CC(=O)O)C(=O)O)nccc12. The van der Waals surface area contributed by atoms with Gasteiger partial charge in [0.25, 0.3) is 0 Å². The van der Waals surface area contributed by atoms with E-state index in [4.69, 9.17) is 9.84 Å². The minimum atomic E-state index is -3.00. The van der Waals surface area contributed by atoms with Crippen molar-refractivity contribution < 1.29 is 39.5 Å². The highest BCUT2D eigenvalue weighted by atomic mass is 16.5. The van der Waals surface area contributed by atoms with Gasteiger partial charge in [0.2, 0.25) is 0 Å². The molecule has 2 heterocycles.